The van der Waals surface area contributed by atoms with Gasteiger partial charge in [-0.05, 0) is 49.9 Å². The lowest BCUT2D eigenvalue weighted by molar-refractivity contribution is -0.121. The van der Waals surface area contributed by atoms with Crippen LogP contribution in [0, 0.1) is 13.8 Å². The number of rotatable bonds is 3. The molecule has 2 aromatic heterocycles. The fourth-order valence-corrected chi connectivity index (χ4v) is 8.10. The quantitative estimate of drug-likeness (QED) is 0.584. The molecule has 1 amide bonds. The third-order valence-electron chi connectivity index (χ3n) is 5.15. The number of carbonyl (C=O) groups excluding carboxylic acids is 1. The first-order chi connectivity index (χ1) is 13.7. The summed E-state index contributed by atoms with van der Waals surface area (Å²) in [6.07, 6.45) is 1.09. The summed E-state index contributed by atoms with van der Waals surface area (Å²) in [4.78, 5) is 17.9. The van der Waals surface area contributed by atoms with Crippen molar-refractivity contribution in [1.82, 2.24) is 8.87 Å². The number of benzene rings is 1. The number of amides is 1. The van der Waals surface area contributed by atoms with E-state index in [0.717, 1.165) is 32.7 Å². The zero-order valence-corrected chi connectivity index (χ0v) is 19.4. The lowest BCUT2D eigenvalue weighted by Crippen LogP contribution is -2.40. The standard InChI is InChI=1S/C19H20ClN3O3S3/c1-11-6-7-12(2)17-16(11)22(3)19(28-17)21-18(24)13-5-4-10-23(13)29(25,26)15-9-8-14(20)27-15/h6-9,13H,4-5,10H2,1-3H3. The summed E-state index contributed by atoms with van der Waals surface area (Å²) in [5, 5.41) is 0. The fourth-order valence-electron chi connectivity index (χ4n) is 3.66. The highest BCUT2D eigenvalue weighted by Crippen LogP contribution is 2.32. The van der Waals surface area contributed by atoms with Gasteiger partial charge in [-0.2, -0.15) is 9.30 Å². The van der Waals surface area contributed by atoms with E-state index in [1.807, 2.05) is 31.5 Å². The summed E-state index contributed by atoms with van der Waals surface area (Å²) < 4.78 is 30.8. The Morgan fingerprint density at radius 2 is 1.90 bits per heavy atom. The summed E-state index contributed by atoms with van der Waals surface area (Å²) in [7, 11) is -1.89. The molecule has 1 aliphatic rings. The molecule has 1 aromatic carbocycles. The van der Waals surface area contributed by atoms with Crippen LogP contribution in [-0.4, -0.2) is 35.8 Å². The molecule has 0 bridgehead atoms. The predicted molar refractivity (Wildman–Crippen MR) is 117 cm³/mol. The Labute approximate surface area is 182 Å². The van der Waals surface area contributed by atoms with Crippen LogP contribution in [0.2, 0.25) is 4.34 Å². The van der Waals surface area contributed by atoms with Crippen LogP contribution >= 0.6 is 34.3 Å². The number of aryl methyl sites for hydroxylation is 3. The summed E-state index contributed by atoms with van der Waals surface area (Å²) in [5.41, 5.74) is 3.28. The van der Waals surface area contributed by atoms with Gasteiger partial charge >= 0.3 is 0 Å². The Hall–Kier alpha value is -1.52. The maximum absolute atomic E-state index is 13.0. The van der Waals surface area contributed by atoms with Gasteiger partial charge < -0.3 is 4.57 Å². The Morgan fingerprint density at radius 3 is 2.55 bits per heavy atom. The first-order valence-corrected chi connectivity index (χ1v) is 12.6. The zero-order chi connectivity index (χ0) is 20.9. The van der Waals surface area contributed by atoms with E-state index in [9.17, 15) is 13.2 Å². The normalized spacial score (nSPS) is 18.8. The van der Waals surface area contributed by atoms with Crippen LogP contribution in [0.25, 0.3) is 10.2 Å². The lowest BCUT2D eigenvalue weighted by Gasteiger charge is -2.20. The van der Waals surface area contributed by atoms with E-state index < -0.39 is 22.0 Å². The number of hydrogen-bond donors (Lipinski definition) is 0. The van der Waals surface area contributed by atoms with Gasteiger partial charge in [-0.25, -0.2) is 8.42 Å². The van der Waals surface area contributed by atoms with Gasteiger partial charge in [-0.15, -0.1) is 11.3 Å². The lowest BCUT2D eigenvalue weighted by atomic mass is 10.1. The molecule has 0 aliphatic carbocycles. The second kappa shape index (κ2) is 7.63. The van der Waals surface area contributed by atoms with Crippen LogP contribution in [0.3, 0.4) is 0 Å². The van der Waals surface area contributed by atoms with E-state index >= 15 is 0 Å². The van der Waals surface area contributed by atoms with Crippen molar-refractivity contribution in [1.29, 1.82) is 0 Å². The van der Waals surface area contributed by atoms with Crippen molar-refractivity contribution in [2.24, 2.45) is 12.0 Å². The van der Waals surface area contributed by atoms with Crippen molar-refractivity contribution < 1.29 is 13.2 Å². The Bertz CT molecular complexity index is 1290. The van der Waals surface area contributed by atoms with Gasteiger partial charge in [0, 0.05) is 13.6 Å². The number of carbonyl (C=O) groups is 1. The van der Waals surface area contributed by atoms with Crippen molar-refractivity contribution in [2.75, 3.05) is 6.54 Å². The molecule has 10 heteroatoms. The molecule has 4 rings (SSSR count). The molecular formula is C19H20ClN3O3S3. The fraction of sp³-hybridized carbons (Fsp3) is 0.368. The van der Waals surface area contributed by atoms with Gasteiger partial charge in [0.25, 0.3) is 15.9 Å². The Balaban J connectivity index is 1.73. The van der Waals surface area contributed by atoms with Gasteiger partial charge in [-0.1, -0.05) is 35.1 Å². The Kier molecular flexibility index (Phi) is 5.45. The van der Waals surface area contributed by atoms with Gasteiger partial charge in [0.2, 0.25) is 0 Å². The number of halogens is 1. The largest absolute Gasteiger partial charge is 0.319 e. The second-order valence-electron chi connectivity index (χ2n) is 7.10. The number of fused-ring (bicyclic) bond motifs is 1. The zero-order valence-electron chi connectivity index (χ0n) is 16.2. The van der Waals surface area contributed by atoms with E-state index in [2.05, 4.69) is 11.1 Å². The van der Waals surface area contributed by atoms with E-state index in [-0.39, 0.29) is 4.21 Å². The molecule has 1 unspecified atom stereocenters. The van der Waals surface area contributed by atoms with E-state index in [4.69, 9.17) is 11.6 Å². The van der Waals surface area contributed by atoms with Crippen molar-refractivity contribution >= 4 is 60.4 Å². The highest BCUT2D eigenvalue weighted by atomic mass is 35.5. The number of sulfonamides is 1. The molecule has 1 aliphatic heterocycles. The number of thiazole rings is 1. The topological polar surface area (TPSA) is 71.7 Å². The molecule has 3 aromatic rings. The average molecular weight is 470 g/mol. The predicted octanol–water partition coefficient (Wildman–Crippen LogP) is 3.85. The molecule has 0 saturated carbocycles. The molecule has 1 fully saturated rings. The Morgan fingerprint density at radius 1 is 1.17 bits per heavy atom. The van der Waals surface area contributed by atoms with Crippen molar-refractivity contribution in [3.63, 3.8) is 0 Å². The van der Waals surface area contributed by atoms with E-state index in [1.54, 1.807) is 6.07 Å². The van der Waals surface area contributed by atoms with Gasteiger partial charge in [0.05, 0.1) is 14.6 Å². The monoisotopic (exact) mass is 469 g/mol. The highest BCUT2D eigenvalue weighted by Gasteiger charge is 2.40. The minimum atomic E-state index is -3.77. The minimum Gasteiger partial charge on any atom is -0.319 e. The number of hydrogen-bond acceptors (Lipinski definition) is 5. The molecular weight excluding hydrogens is 450 g/mol. The molecule has 1 saturated heterocycles. The molecule has 0 spiro atoms. The van der Waals surface area contributed by atoms with Crippen molar-refractivity contribution in [3.8, 4) is 0 Å². The molecule has 3 heterocycles. The van der Waals surface area contributed by atoms with Gasteiger partial charge in [0.1, 0.15) is 10.3 Å². The van der Waals surface area contributed by atoms with Crippen LogP contribution in [0.15, 0.2) is 33.5 Å². The highest BCUT2D eigenvalue weighted by molar-refractivity contribution is 7.91. The first kappa shape index (κ1) is 20.7. The molecule has 0 radical (unpaired) electrons. The summed E-state index contributed by atoms with van der Waals surface area (Å²) in [6.45, 7) is 4.36. The summed E-state index contributed by atoms with van der Waals surface area (Å²) in [5.74, 6) is -0.425. The minimum absolute atomic E-state index is 0.154. The number of thiophene rings is 1. The first-order valence-electron chi connectivity index (χ1n) is 9.11. The number of aromatic nitrogens is 1. The van der Waals surface area contributed by atoms with E-state index in [0.29, 0.717) is 28.5 Å². The van der Waals surface area contributed by atoms with E-state index in [1.165, 1.54) is 21.7 Å². The smallest absolute Gasteiger partial charge is 0.266 e. The molecule has 154 valence electrons. The van der Waals surface area contributed by atoms with Crippen LogP contribution in [-0.2, 0) is 21.9 Å². The molecule has 6 nitrogen and oxygen atoms in total. The average Bonchev–Trinajstić information content (AvgIpc) is 3.38. The third-order valence-corrected chi connectivity index (χ3v) is 10.0. The van der Waals surface area contributed by atoms with Crippen LogP contribution < -0.4 is 4.80 Å². The molecule has 29 heavy (non-hydrogen) atoms. The van der Waals surface area contributed by atoms with Gasteiger partial charge in [0.15, 0.2) is 4.80 Å². The van der Waals surface area contributed by atoms with Crippen LogP contribution in [0.4, 0.5) is 0 Å². The van der Waals surface area contributed by atoms with Crippen molar-refractivity contribution in [2.45, 2.75) is 36.9 Å². The third kappa shape index (κ3) is 3.59. The van der Waals surface area contributed by atoms with Crippen LogP contribution in [0.5, 0.6) is 0 Å². The molecule has 1 atom stereocenters. The summed E-state index contributed by atoms with van der Waals surface area (Å²) >= 11 is 8.36. The maximum atomic E-state index is 13.0. The van der Waals surface area contributed by atoms with Gasteiger partial charge in [-0.3, -0.25) is 4.79 Å². The second-order valence-corrected chi connectivity index (χ2v) is 11.9. The SMILES string of the molecule is Cc1ccc(C)c2c1sc(=NC(=O)C1CCCN1S(=O)(=O)c1ccc(Cl)s1)n2C. The molecule has 0 N–H and O–H groups in total. The maximum Gasteiger partial charge on any atom is 0.266 e. The van der Waals surface area contributed by atoms with Crippen LogP contribution in [0.1, 0.15) is 24.0 Å². The summed E-state index contributed by atoms with van der Waals surface area (Å²) in [6, 6.07) is 6.35. The number of nitrogens with zero attached hydrogens (tertiary/aromatic N) is 3. The van der Waals surface area contributed by atoms with Crippen molar-refractivity contribution in [3.05, 3.63) is 44.5 Å².